The minimum Gasteiger partial charge on any atom is -0.492 e. The van der Waals surface area contributed by atoms with Gasteiger partial charge in [0.15, 0.2) is 0 Å². The van der Waals surface area contributed by atoms with E-state index in [1.807, 2.05) is 12.1 Å². The number of ether oxygens (including phenoxy) is 1. The minimum atomic E-state index is -0.949. The predicted molar refractivity (Wildman–Crippen MR) is 79.6 cm³/mol. The Morgan fingerprint density at radius 3 is 2.68 bits per heavy atom. The van der Waals surface area contributed by atoms with Crippen molar-refractivity contribution >= 4 is 28.6 Å². The summed E-state index contributed by atoms with van der Waals surface area (Å²) in [5, 5.41) is 8.94. The van der Waals surface area contributed by atoms with Crippen molar-refractivity contribution in [3.05, 3.63) is 57.4 Å². The molecule has 98 valence electrons. The number of nitrogens with zero attached hydrogens (tertiary/aromatic N) is 1. The van der Waals surface area contributed by atoms with Crippen LogP contribution < -0.4 is 4.74 Å². The third kappa shape index (κ3) is 3.92. The van der Waals surface area contributed by atoms with Crippen molar-refractivity contribution in [1.29, 1.82) is 0 Å². The molecular weight excluding hydrogens is 357 g/mol. The summed E-state index contributed by atoms with van der Waals surface area (Å²) in [4.78, 5) is 14.8. The number of carboxylic acid groups (broad SMARTS) is 1. The van der Waals surface area contributed by atoms with E-state index in [-0.39, 0.29) is 5.56 Å². The Balaban J connectivity index is 1.99. The maximum Gasteiger partial charge on any atom is 0.335 e. The number of hydrogen-bond donors (Lipinski definition) is 1. The first-order valence-corrected chi connectivity index (χ1v) is 6.79. The molecule has 1 aromatic carbocycles. The van der Waals surface area contributed by atoms with E-state index in [9.17, 15) is 4.79 Å². The molecule has 0 aliphatic carbocycles. The highest BCUT2D eigenvalue weighted by Gasteiger charge is 2.07. The lowest BCUT2D eigenvalue weighted by Crippen LogP contribution is -2.04. The first-order valence-electron chi connectivity index (χ1n) is 5.71. The van der Waals surface area contributed by atoms with Crippen molar-refractivity contribution in [2.45, 2.75) is 6.42 Å². The summed E-state index contributed by atoms with van der Waals surface area (Å²) in [7, 11) is 0. The lowest BCUT2D eigenvalue weighted by molar-refractivity contribution is 0.0696. The molecule has 0 saturated heterocycles. The van der Waals surface area contributed by atoms with Crippen molar-refractivity contribution in [1.82, 2.24) is 4.98 Å². The lowest BCUT2D eigenvalue weighted by atomic mass is 10.2. The maximum absolute atomic E-state index is 10.9. The highest BCUT2D eigenvalue weighted by molar-refractivity contribution is 14.1. The first-order chi connectivity index (χ1) is 9.16. The fourth-order valence-electron chi connectivity index (χ4n) is 1.58. The fraction of sp³-hybridized carbons (Fsp3) is 0.143. The molecule has 19 heavy (non-hydrogen) atoms. The van der Waals surface area contributed by atoms with Crippen LogP contribution in [0.5, 0.6) is 5.75 Å². The Hall–Kier alpha value is -1.63. The van der Waals surface area contributed by atoms with E-state index in [0.29, 0.717) is 12.4 Å². The predicted octanol–water partition coefficient (Wildman–Crippen LogP) is 3.01. The molecule has 0 fully saturated rings. The number of aromatic nitrogens is 1. The number of hydrogen-bond acceptors (Lipinski definition) is 3. The highest BCUT2D eigenvalue weighted by Crippen LogP contribution is 2.22. The molecule has 4 nitrogen and oxygen atoms in total. The average Bonchev–Trinajstić information content (AvgIpc) is 2.42. The third-order valence-electron chi connectivity index (χ3n) is 2.58. The molecule has 5 heteroatoms. The van der Waals surface area contributed by atoms with E-state index in [2.05, 4.69) is 27.6 Å². The normalized spacial score (nSPS) is 10.2. The molecule has 0 saturated carbocycles. The molecule has 1 heterocycles. The summed E-state index contributed by atoms with van der Waals surface area (Å²) in [5.74, 6) is -0.343. The van der Waals surface area contributed by atoms with Crippen molar-refractivity contribution in [2.24, 2.45) is 0 Å². The second-order valence-electron chi connectivity index (χ2n) is 3.90. The Morgan fingerprint density at radius 2 is 2.00 bits per heavy atom. The topological polar surface area (TPSA) is 59.4 Å². The number of carbonyl (C=O) groups is 1. The number of halogens is 1. The van der Waals surface area contributed by atoms with Gasteiger partial charge in [0.05, 0.1) is 15.7 Å². The Kier molecular flexibility index (Phi) is 4.73. The molecule has 0 unspecified atom stereocenters. The van der Waals surface area contributed by atoms with E-state index in [1.165, 1.54) is 0 Å². The van der Waals surface area contributed by atoms with Gasteiger partial charge in [-0.2, -0.15) is 0 Å². The Bertz CT molecular complexity index is 572. The van der Waals surface area contributed by atoms with Gasteiger partial charge in [-0.3, -0.25) is 4.98 Å². The summed E-state index contributed by atoms with van der Waals surface area (Å²) in [6.07, 6.45) is 4.24. The molecule has 1 aromatic heterocycles. The zero-order valence-corrected chi connectivity index (χ0v) is 12.2. The molecule has 0 amide bonds. The van der Waals surface area contributed by atoms with E-state index in [4.69, 9.17) is 9.84 Å². The van der Waals surface area contributed by atoms with E-state index >= 15 is 0 Å². The fourth-order valence-corrected chi connectivity index (χ4v) is 2.07. The number of carboxylic acids is 1. The van der Waals surface area contributed by atoms with Gasteiger partial charge in [0.2, 0.25) is 0 Å². The summed E-state index contributed by atoms with van der Waals surface area (Å²) in [6, 6.07) is 8.73. The second-order valence-corrected chi connectivity index (χ2v) is 5.07. The van der Waals surface area contributed by atoms with Crippen molar-refractivity contribution in [3.8, 4) is 5.75 Å². The van der Waals surface area contributed by atoms with Crippen LogP contribution in [0.4, 0.5) is 0 Å². The van der Waals surface area contributed by atoms with Crippen molar-refractivity contribution < 1.29 is 14.6 Å². The molecule has 0 bridgehead atoms. The van der Waals surface area contributed by atoms with Gasteiger partial charge in [-0.1, -0.05) is 0 Å². The Morgan fingerprint density at radius 1 is 1.26 bits per heavy atom. The van der Waals surface area contributed by atoms with Gasteiger partial charge >= 0.3 is 5.97 Å². The lowest BCUT2D eigenvalue weighted by Gasteiger charge is -2.09. The molecular formula is C14H12INO3. The van der Waals surface area contributed by atoms with Gasteiger partial charge < -0.3 is 9.84 Å². The van der Waals surface area contributed by atoms with Gasteiger partial charge in [-0.15, -0.1) is 0 Å². The summed E-state index contributed by atoms with van der Waals surface area (Å²) in [6.45, 7) is 0.503. The van der Waals surface area contributed by atoms with Crippen molar-refractivity contribution in [3.63, 3.8) is 0 Å². The molecule has 1 N–H and O–H groups in total. The SMILES string of the molecule is O=C(O)c1ccc(I)c(OCCc2ccncc2)c1. The third-order valence-corrected chi connectivity index (χ3v) is 3.47. The molecule has 2 aromatic rings. The van der Waals surface area contributed by atoms with Crippen LogP contribution in [0.1, 0.15) is 15.9 Å². The zero-order chi connectivity index (χ0) is 13.7. The summed E-state index contributed by atoms with van der Waals surface area (Å²) >= 11 is 2.13. The van der Waals surface area contributed by atoms with Gasteiger partial charge in [-0.25, -0.2) is 4.79 Å². The van der Waals surface area contributed by atoms with Crippen LogP contribution in [0.3, 0.4) is 0 Å². The average molecular weight is 369 g/mol. The van der Waals surface area contributed by atoms with Gasteiger partial charge in [0.25, 0.3) is 0 Å². The van der Waals surface area contributed by atoms with Crippen LogP contribution >= 0.6 is 22.6 Å². The van der Waals surface area contributed by atoms with Crippen LogP contribution in [0.25, 0.3) is 0 Å². The smallest absolute Gasteiger partial charge is 0.335 e. The van der Waals surface area contributed by atoms with Crippen LogP contribution in [-0.2, 0) is 6.42 Å². The van der Waals surface area contributed by atoms with Crippen molar-refractivity contribution in [2.75, 3.05) is 6.61 Å². The largest absolute Gasteiger partial charge is 0.492 e. The standard InChI is InChI=1S/C14H12INO3/c15-12-2-1-11(14(17)18)9-13(12)19-8-5-10-3-6-16-7-4-10/h1-4,6-7,9H,5,8H2,(H,17,18). The molecule has 0 spiro atoms. The van der Waals surface area contributed by atoms with E-state index in [1.54, 1.807) is 30.6 Å². The quantitative estimate of drug-likeness (QED) is 0.824. The molecule has 0 aliphatic rings. The van der Waals surface area contributed by atoms with Gasteiger partial charge in [0.1, 0.15) is 5.75 Å². The highest BCUT2D eigenvalue weighted by atomic mass is 127. The maximum atomic E-state index is 10.9. The summed E-state index contributed by atoms with van der Waals surface area (Å²) in [5.41, 5.74) is 1.37. The van der Waals surface area contributed by atoms with Crippen LogP contribution in [-0.4, -0.2) is 22.7 Å². The van der Waals surface area contributed by atoms with Gasteiger partial charge in [-0.05, 0) is 58.5 Å². The minimum absolute atomic E-state index is 0.235. The molecule has 2 rings (SSSR count). The zero-order valence-electron chi connectivity index (χ0n) is 10.0. The molecule has 0 radical (unpaired) electrons. The summed E-state index contributed by atoms with van der Waals surface area (Å²) < 4.78 is 6.54. The number of rotatable bonds is 5. The number of benzene rings is 1. The Labute approximate surface area is 124 Å². The molecule has 0 aliphatic heterocycles. The van der Waals surface area contributed by atoms with Crippen LogP contribution in [0.2, 0.25) is 0 Å². The van der Waals surface area contributed by atoms with Crippen LogP contribution in [0, 0.1) is 3.57 Å². The van der Waals surface area contributed by atoms with E-state index < -0.39 is 5.97 Å². The monoisotopic (exact) mass is 369 g/mol. The van der Waals surface area contributed by atoms with Gasteiger partial charge in [0, 0.05) is 18.8 Å². The molecule has 0 atom stereocenters. The number of pyridine rings is 1. The first kappa shape index (κ1) is 13.8. The van der Waals surface area contributed by atoms with E-state index in [0.717, 1.165) is 15.6 Å². The van der Waals surface area contributed by atoms with Crippen LogP contribution in [0.15, 0.2) is 42.7 Å². The second kappa shape index (κ2) is 6.51. The number of aromatic carboxylic acids is 1.